The third kappa shape index (κ3) is 4.71. The third-order valence-corrected chi connectivity index (χ3v) is 2.50. The molecule has 0 fully saturated rings. The number of nitrogens with zero attached hydrogens (tertiary/aromatic N) is 2. The second-order valence-electron chi connectivity index (χ2n) is 4.36. The van der Waals surface area contributed by atoms with Crippen LogP contribution in [0.3, 0.4) is 0 Å². The van der Waals surface area contributed by atoms with Crippen molar-refractivity contribution in [2.75, 3.05) is 39.0 Å². The average molecular weight is 250 g/mol. The van der Waals surface area contributed by atoms with Gasteiger partial charge in [-0.25, -0.2) is 0 Å². The monoisotopic (exact) mass is 250 g/mol. The minimum Gasteiger partial charge on any atom is -0.385 e. The number of rotatable bonds is 7. The van der Waals surface area contributed by atoms with Crippen LogP contribution in [0.25, 0.3) is 0 Å². The molecule has 5 heteroatoms. The summed E-state index contributed by atoms with van der Waals surface area (Å²) in [4.78, 5) is 18.1. The minimum atomic E-state index is -0.0715. The molecule has 1 amide bonds. The molecule has 0 saturated carbocycles. The molecule has 100 valence electrons. The van der Waals surface area contributed by atoms with Gasteiger partial charge in [0.1, 0.15) is 0 Å². The van der Waals surface area contributed by atoms with Crippen LogP contribution in [0.15, 0.2) is 18.5 Å². The summed E-state index contributed by atoms with van der Waals surface area (Å²) < 4.78 is 0. The highest BCUT2D eigenvalue weighted by Gasteiger charge is 2.10. The first-order valence-electron chi connectivity index (χ1n) is 6.26. The van der Waals surface area contributed by atoms with Crippen LogP contribution in [-0.2, 0) is 0 Å². The number of amides is 1. The Hall–Kier alpha value is -1.62. The van der Waals surface area contributed by atoms with Gasteiger partial charge in [-0.3, -0.25) is 9.78 Å². The summed E-state index contributed by atoms with van der Waals surface area (Å²) in [5, 5.41) is 6.06. The molecule has 1 aromatic heterocycles. The van der Waals surface area contributed by atoms with E-state index in [0.29, 0.717) is 12.1 Å². The molecule has 0 radical (unpaired) electrons. The number of pyridine rings is 1. The minimum absolute atomic E-state index is 0.0715. The Bertz CT molecular complexity index is 379. The van der Waals surface area contributed by atoms with Gasteiger partial charge >= 0.3 is 0 Å². The first-order chi connectivity index (χ1) is 8.65. The lowest BCUT2D eigenvalue weighted by Gasteiger charge is -2.12. The standard InChI is InChI=1S/C13H22N4O/c1-4-15-12-6-8-14-10-11(12)13(18)16-7-5-9-17(2)3/h6,8,10H,4-5,7,9H2,1-3H3,(H,14,15)(H,16,18). The number of aromatic nitrogens is 1. The number of hydrogen-bond acceptors (Lipinski definition) is 4. The van der Waals surface area contributed by atoms with Crippen molar-refractivity contribution in [3.63, 3.8) is 0 Å². The molecular formula is C13H22N4O. The van der Waals surface area contributed by atoms with E-state index in [1.165, 1.54) is 0 Å². The van der Waals surface area contributed by atoms with Gasteiger partial charge in [0.2, 0.25) is 0 Å². The number of carbonyl (C=O) groups excluding carboxylic acids is 1. The number of nitrogens with one attached hydrogen (secondary N) is 2. The van der Waals surface area contributed by atoms with Crippen LogP contribution in [0.1, 0.15) is 23.7 Å². The molecule has 0 aromatic carbocycles. The molecule has 1 rings (SSSR count). The van der Waals surface area contributed by atoms with E-state index in [2.05, 4.69) is 20.5 Å². The Balaban J connectivity index is 2.50. The van der Waals surface area contributed by atoms with Gasteiger partial charge in [0.15, 0.2) is 0 Å². The van der Waals surface area contributed by atoms with E-state index < -0.39 is 0 Å². The number of carbonyl (C=O) groups is 1. The zero-order valence-electron chi connectivity index (χ0n) is 11.4. The molecule has 0 aliphatic rings. The molecule has 1 aromatic rings. The van der Waals surface area contributed by atoms with Gasteiger partial charge in [-0.15, -0.1) is 0 Å². The maximum atomic E-state index is 12.0. The smallest absolute Gasteiger partial charge is 0.254 e. The maximum absolute atomic E-state index is 12.0. The fraction of sp³-hybridized carbons (Fsp3) is 0.538. The zero-order valence-corrected chi connectivity index (χ0v) is 11.4. The molecule has 2 N–H and O–H groups in total. The van der Waals surface area contributed by atoms with Gasteiger partial charge < -0.3 is 15.5 Å². The molecule has 18 heavy (non-hydrogen) atoms. The van der Waals surface area contributed by atoms with Crippen LogP contribution in [-0.4, -0.2) is 49.5 Å². The van der Waals surface area contributed by atoms with Crippen molar-refractivity contribution in [2.45, 2.75) is 13.3 Å². The second kappa shape index (κ2) is 7.66. The van der Waals surface area contributed by atoms with Crippen LogP contribution < -0.4 is 10.6 Å². The molecular weight excluding hydrogens is 228 g/mol. The van der Waals surface area contributed by atoms with Gasteiger partial charge in [-0.05, 0) is 40.1 Å². The summed E-state index contributed by atoms with van der Waals surface area (Å²) in [6, 6.07) is 1.82. The Morgan fingerprint density at radius 2 is 2.22 bits per heavy atom. The molecule has 0 atom stereocenters. The third-order valence-electron chi connectivity index (χ3n) is 2.50. The molecule has 1 heterocycles. The number of anilines is 1. The van der Waals surface area contributed by atoms with Crippen molar-refractivity contribution in [2.24, 2.45) is 0 Å². The molecule has 0 spiro atoms. The summed E-state index contributed by atoms with van der Waals surface area (Å²) in [5.74, 6) is -0.0715. The Morgan fingerprint density at radius 3 is 2.89 bits per heavy atom. The molecule has 0 aliphatic heterocycles. The van der Waals surface area contributed by atoms with E-state index in [-0.39, 0.29) is 5.91 Å². The molecule has 0 bridgehead atoms. The van der Waals surface area contributed by atoms with E-state index in [1.54, 1.807) is 12.4 Å². The van der Waals surface area contributed by atoms with E-state index in [1.807, 2.05) is 27.1 Å². The lowest BCUT2D eigenvalue weighted by atomic mass is 10.2. The van der Waals surface area contributed by atoms with Gasteiger partial charge in [0.05, 0.1) is 11.3 Å². The van der Waals surface area contributed by atoms with E-state index in [0.717, 1.165) is 25.2 Å². The lowest BCUT2D eigenvalue weighted by Crippen LogP contribution is -2.27. The highest BCUT2D eigenvalue weighted by molar-refractivity contribution is 5.99. The Labute approximate surface area is 109 Å². The summed E-state index contributed by atoms with van der Waals surface area (Å²) >= 11 is 0. The largest absolute Gasteiger partial charge is 0.385 e. The predicted molar refractivity (Wildman–Crippen MR) is 73.9 cm³/mol. The Morgan fingerprint density at radius 1 is 1.44 bits per heavy atom. The first-order valence-corrected chi connectivity index (χ1v) is 6.26. The SMILES string of the molecule is CCNc1ccncc1C(=O)NCCCN(C)C. The zero-order chi connectivity index (χ0) is 13.4. The quantitative estimate of drug-likeness (QED) is 0.714. The molecule has 0 unspecified atom stereocenters. The van der Waals surface area contributed by atoms with Gasteiger partial charge in [-0.2, -0.15) is 0 Å². The summed E-state index contributed by atoms with van der Waals surface area (Å²) in [5.41, 5.74) is 1.43. The normalized spacial score (nSPS) is 10.4. The maximum Gasteiger partial charge on any atom is 0.254 e. The second-order valence-corrected chi connectivity index (χ2v) is 4.36. The van der Waals surface area contributed by atoms with Crippen LogP contribution in [0, 0.1) is 0 Å². The van der Waals surface area contributed by atoms with Crippen LogP contribution in [0.5, 0.6) is 0 Å². The van der Waals surface area contributed by atoms with Gasteiger partial charge in [0.25, 0.3) is 5.91 Å². The molecule has 0 aliphatic carbocycles. The average Bonchev–Trinajstić information content (AvgIpc) is 2.35. The van der Waals surface area contributed by atoms with E-state index in [4.69, 9.17) is 0 Å². The molecule has 0 saturated heterocycles. The summed E-state index contributed by atoms with van der Waals surface area (Å²) in [6.07, 6.45) is 4.22. The van der Waals surface area contributed by atoms with Gasteiger partial charge in [-0.1, -0.05) is 0 Å². The van der Waals surface area contributed by atoms with Gasteiger partial charge in [0, 0.05) is 25.5 Å². The highest BCUT2D eigenvalue weighted by atomic mass is 16.1. The lowest BCUT2D eigenvalue weighted by molar-refractivity contribution is 0.0953. The summed E-state index contributed by atoms with van der Waals surface area (Å²) in [7, 11) is 4.04. The fourth-order valence-electron chi connectivity index (χ4n) is 1.61. The van der Waals surface area contributed by atoms with E-state index in [9.17, 15) is 4.79 Å². The first kappa shape index (κ1) is 14.4. The number of hydrogen-bond donors (Lipinski definition) is 2. The van der Waals surface area contributed by atoms with Crippen LogP contribution >= 0.6 is 0 Å². The van der Waals surface area contributed by atoms with Crippen molar-refractivity contribution in [3.8, 4) is 0 Å². The van der Waals surface area contributed by atoms with Crippen molar-refractivity contribution in [1.82, 2.24) is 15.2 Å². The fourth-order valence-corrected chi connectivity index (χ4v) is 1.61. The van der Waals surface area contributed by atoms with Crippen molar-refractivity contribution in [3.05, 3.63) is 24.0 Å². The topological polar surface area (TPSA) is 57.3 Å². The Kier molecular flexibility index (Phi) is 6.14. The van der Waals surface area contributed by atoms with Crippen molar-refractivity contribution >= 4 is 11.6 Å². The van der Waals surface area contributed by atoms with Crippen LogP contribution in [0.2, 0.25) is 0 Å². The highest BCUT2D eigenvalue weighted by Crippen LogP contribution is 2.12. The van der Waals surface area contributed by atoms with Crippen molar-refractivity contribution < 1.29 is 4.79 Å². The predicted octanol–water partition coefficient (Wildman–Crippen LogP) is 1.19. The summed E-state index contributed by atoms with van der Waals surface area (Å²) in [6.45, 7) is 4.43. The van der Waals surface area contributed by atoms with E-state index >= 15 is 0 Å². The van der Waals surface area contributed by atoms with Crippen molar-refractivity contribution in [1.29, 1.82) is 0 Å². The van der Waals surface area contributed by atoms with Crippen LogP contribution in [0.4, 0.5) is 5.69 Å². The molecule has 5 nitrogen and oxygen atoms in total.